The Morgan fingerprint density at radius 2 is 2.31 bits per heavy atom. The van der Waals surface area contributed by atoms with Crippen LogP contribution in [0.25, 0.3) is 11.1 Å². The van der Waals surface area contributed by atoms with Gasteiger partial charge in [0, 0.05) is 13.5 Å². The molecule has 0 N–H and O–H groups in total. The van der Waals surface area contributed by atoms with Gasteiger partial charge >= 0.3 is 0 Å². The molecule has 0 radical (unpaired) electrons. The second-order valence-corrected chi connectivity index (χ2v) is 3.87. The van der Waals surface area contributed by atoms with Crippen molar-refractivity contribution < 1.29 is 4.42 Å². The Bertz CT molecular complexity index is 539. The molecule has 82 valence electrons. The molecule has 0 fully saturated rings. The highest BCUT2D eigenvalue weighted by atomic mass is 16.3. The lowest BCUT2D eigenvalue weighted by Gasteiger charge is -2.11. The van der Waals surface area contributed by atoms with Gasteiger partial charge in [0.1, 0.15) is 5.52 Å². The van der Waals surface area contributed by atoms with Crippen molar-refractivity contribution in [3.63, 3.8) is 0 Å². The normalized spacial score (nSPS) is 10.9. The van der Waals surface area contributed by atoms with Gasteiger partial charge in [-0.05, 0) is 24.7 Å². The summed E-state index contributed by atoms with van der Waals surface area (Å²) >= 11 is 0. The average molecular weight is 215 g/mol. The molecule has 2 aromatic rings. The molecule has 0 atom stereocenters. The van der Waals surface area contributed by atoms with Gasteiger partial charge in [0.15, 0.2) is 11.5 Å². The fraction of sp³-hybridized carbons (Fsp3) is 0.333. The third kappa shape index (κ3) is 2.20. The number of nitriles is 1. The zero-order chi connectivity index (χ0) is 11.5. The molecule has 0 saturated carbocycles. The molecule has 1 aromatic heterocycles. The SMILES string of the molecule is Cc1nc2cc(CN(C)CC#N)ccc2o1. The Labute approximate surface area is 94.1 Å². The van der Waals surface area contributed by atoms with Gasteiger partial charge < -0.3 is 4.42 Å². The van der Waals surface area contributed by atoms with Crippen molar-refractivity contribution in [3.05, 3.63) is 29.7 Å². The number of nitrogens with zero attached hydrogens (tertiary/aromatic N) is 3. The summed E-state index contributed by atoms with van der Waals surface area (Å²) in [5, 5.41) is 8.57. The molecule has 1 heterocycles. The summed E-state index contributed by atoms with van der Waals surface area (Å²) in [4.78, 5) is 6.23. The largest absolute Gasteiger partial charge is 0.441 e. The van der Waals surface area contributed by atoms with Crippen LogP contribution in [-0.4, -0.2) is 23.5 Å². The highest BCUT2D eigenvalue weighted by Crippen LogP contribution is 2.17. The topological polar surface area (TPSA) is 53.1 Å². The van der Waals surface area contributed by atoms with Crippen LogP contribution in [0.4, 0.5) is 0 Å². The van der Waals surface area contributed by atoms with E-state index < -0.39 is 0 Å². The lowest BCUT2D eigenvalue weighted by Crippen LogP contribution is -2.17. The van der Waals surface area contributed by atoms with Crippen molar-refractivity contribution in [1.82, 2.24) is 9.88 Å². The molecule has 0 spiro atoms. The Balaban J connectivity index is 2.22. The molecule has 16 heavy (non-hydrogen) atoms. The van der Waals surface area contributed by atoms with Crippen LogP contribution in [0.3, 0.4) is 0 Å². The molecule has 0 unspecified atom stereocenters. The van der Waals surface area contributed by atoms with E-state index in [1.807, 2.05) is 37.1 Å². The van der Waals surface area contributed by atoms with Gasteiger partial charge in [0.25, 0.3) is 0 Å². The zero-order valence-electron chi connectivity index (χ0n) is 9.40. The molecule has 2 rings (SSSR count). The molecule has 4 nitrogen and oxygen atoms in total. The first-order chi connectivity index (χ1) is 7.69. The quantitative estimate of drug-likeness (QED) is 0.736. The van der Waals surface area contributed by atoms with E-state index in [1.165, 1.54) is 0 Å². The monoisotopic (exact) mass is 215 g/mol. The van der Waals surface area contributed by atoms with Crippen molar-refractivity contribution in [1.29, 1.82) is 5.26 Å². The van der Waals surface area contributed by atoms with Gasteiger partial charge in [0.05, 0.1) is 12.6 Å². The Morgan fingerprint density at radius 3 is 3.06 bits per heavy atom. The fourth-order valence-corrected chi connectivity index (χ4v) is 1.67. The van der Waals surface area contributed by atoms with Crippen LogP contribution < -0.4 is 0 Å². The van der Waals surface area contributed by atoms with E-state index in [2.05, 4.69) is 11.1 Å². The number of aromatic nitrogens is 1. The first-order valence-electron chi connectivity index (χ1n) is 5.10. The molecular weight excluding hydrogens is 202 g/mol. The number of aryl methyl sites for hydroxylation is 1. The van der Waals surface area contributed by atoms with E-state index in [4.69, 9.17) is 9.68 Å². The number of rotatable bonds is 3. The highest BCUT2D eigenvalue weighted by Gasteiger charge is 2.04. The maximum atomic E-state index is 8.57. The van der Waals surface area contributed by atoms with Gasteiger partial charge in [-0.2, -0.15) is 5.26 Å². The van der Waals surface area contributed by atoms with Gasteiger partial charge in [0.2, 0.25) is 0 Å². The van der Waals surface area contributed by atoms with Crippen LogP contribution in [0.5, 0.6) is 0 Å². The highest BCUT2D eigenvalue weighted by molar-refractivity contribution is 5.73. The predicted octanol–water partition coefficient (Wildman–Crippen LogP) is 2.09. The predicted molar refractivity (Wildman–Crippen MR) is 60.7 cm³/mol. The lowest BCUT2D eigenvalue weighted by molar-refractivity contribution is 0.367. The second kappa shape index (κ2) is 4.33. The van der Waals surface area contributed by atoms with Crippen LogP contribution in [0, 0.1) is 18.3 Å². The summed E-state index contributed by atoms with van der Waals surface area (Å²) in [5.41, 5.74) is 2.82. The minimum absolute atomic E-state index is 0.426. The molecule has 0 amide bonds. The summed E-state index contributed by atoms with van der Waals surface area (Å²) in [5.74, 6) is 0.678. The van der Waals surface area contributed by atoms with E-state index in [9.17, 15) is 0 Å². The molecule has 0 aliphatic heterocycles. The van der Waals surface area contributed by atoms with Gasteiger partial charge in [-0.25, -0.2) is 4.98 Å². The molecule has 0 aliphatic carbocycles. The maximum Gasteiger partial charge on any atom is 0.192 e. The standard InChI is InChI=1S/C12H13N3O/c1-9-14-11-7-10(3-4-12(11)16-9)8-15(2)6-5-13/h3-4,7H,6,8H2,1-2H3. The van der Waals surface area contributed by atoms with Crippen LogP contribution in [0.15, 0.2) is 22.6 Å². The number of benzene rings is 1. The van der Waals surface area contributed by atoms with Crippen molar-refractivity contribution in [3.8, 4) is 6.07 Å². The van der Waals surface area contributed by atoms with E-state index in [0.29, 0.717) is 12.4 Å². The van der Waals surface area contributed by atoms with E-state index in [1.54, 1.807) is 0 Å². The van der Waals surface area contributed by atoms with Crippen LogP contribution >= 0.6 is 0 Å². The van der Waals surface area contributed by atoms with Crippen molar-refractivity contribution in [2.45, 2.75) is 13.5 Å². The Hall–Kier alpha value is -1.86. The zero-order valence-corrected chi connectivity index (χ0v) is 9.40. The van der Waals surface area contributed by atoms with Crippen molar-refractivity contribution in [2.75, 3.05) is 13.6 Å². The van der Waals surface area contributed by atoms with Crippen LogP contribution in [-0.2, 0) is 6.54 Å². The van der Waals surface area contributed by atoms with Crippen LogP contribution in [0.1, 0.15) is 11.5 Å². The van der Waals surface area contributed by atoms with Gasteiger partial charge in [-0.15, -0.1) is 0 Å². The van der Waals surface area contributed by atoms with E-state index in [0.717, 1.165) is 23.2 Å². The molecule has 0 aliphatic rings. The van der Waals surface area contributed by atoms with E-state index >= 15 is 0 Å². The third-order valence-corrected chi connectivity index (χ3v) is 2.35. The molecule has 0 bridgehead atoms. The molecular formula is C12H13N3O. The summed E-state index contributed by atoms with van der Waals surface area (Å²) in [6.45, 7) is 3.01. The van der Waals surface area contributed by atoms with Crippen molar-refractivity contribution >= 4 is 11.1 Å². The number of hydrogen-bond acceptors (Lipinski definition) is 4. The van der Waals surface area contributed by atoms with E-state index in [-0.39, 0.29) is 0 Å². The fourth-order valence-electron chi connectivity index (χ4n) is 1.67. The second-order valence-electron chi connectivity index (χ2n) is 3.87. The number of hydrogen-bond donors (Lipinski definition) is 0. The molecule has 0 saturated heterocycles. The Kier molecular flexibility index (Phi) is 2.88. The van der Waals surface area contributed by atoms with Gasteiger partial charge in [-0.1, -0.05) is 6.07 Å². The molecule has 4 heteroatoms. The summed E-state index contributed by atoms with van der Waals surface area (Å²) in [6, 6.07) is 8.04. The first-order valence-corrected chi connectivity index (χ1v) is 5.10. The van der Waals surface area contributed by atoms with Gasteiger partial charge in [-0.3, -0.25) is 4.90 Å². The minimum Gasteiger partial charge on any atom is -0.441 e. The smallest absolute Gasteiger partial charge is 0.192 e. The number of fused-ring (bicyclic) bond motifs is 1. The minimum atomic E-state index is 0.426. The lowest BCUT2D eigenvalue weighted by atomic mass is 10.2. The Morgan fingerprint density at radius 1 is 1.50 bits per heavy atom. The summed E-state index contributed by atoms with van der Waals surface area (Å²) < 4.78 is 5.40. The van der Waals surface area contributed by atoms with Crippen molar-refractivity contribution in [2.24, 2.45) is 0 Å². The summed E-state index contributed by atoms with van der Waals surface area (Å²) in [6.07, 6.45) is 0. The first kappa shape index (κ1) is 10.7. The van der Waals surface area contributed by atoms with Crippen LogP contribution in [0.2, 0.25) is 0 Å². The third-order valence-electron chi connectivity index (χ3n) is 2.35. The summed E-state index contributed by atoms with van der Waals surface area (Å²) in [7, 11) is 1.92. The maximum absolute atomic E-state index is 8.57. The molecule has 1 aromatic carbocycles. The average Bonchev–Trinajstić information content (AvgIpc) is 2.57. The number of oxazole rings is 1.